The molecule has 0 saturated carbocycles. The van der Waals surface area contributed by atoms with Crippen molar-refractivity contribution in [3.05, 3.63) is 34.6 Å². The van der Waals surface area contributed by atoms with E-state index in [2.05, 4.69) is 22.5 Å². The number of rotatable bonds is 10. The summed E-state index contributed by atoms with van der Waals surface area (Å²) in [5.41, 5.74) is -1.27. The Balaban J connectivity index is 1.74. The number of amides is 2. The summed E-state index contributed by atoms with van der Waals surface area (Å²) < 4.78 is 26.1. The highest BCUT2D eigenvalue weighted by molar-refractivity contribution is 6.45. The van der Waals surface area contributed by atoms with Crippen molar-refractivity contribution in [3.63, 3.8) is 0 Å². The van der Waals surface area contributed by atoms with Crippen LogP contribution >= 0.6 is 11.6 Å². The maximum atomic E-state index is 14.0. The van der Waals surface area contributed by atoms with Gasteiger partial charge in [-0.15, -0.1) is 0 Å². The molecule has 41 heavy (non-hydrogen) atoms. The molecule has 2 unspecified atom stereocenters. The topological polar surface area (TPSA) is 79.9 Å². The molecule has 0 radical (unpaired) electrons. The van der Waals surface area contributed by atoms with Crippen LogP contribution in [0.15, 0.2) is 18.2 Å². The molecule has 2 amide bonds. The molecule has 2 saturated heterocycles. The lowest BCUT2D eigenvalue weighted by atomic mass is 9.72. The van der Waals surface area contributed by atoms with Crippen molar-refractivity contribution in [3.8, 4) is 0 Å². The van der Waals surface area contributed by atoms with Gasteiger partial charge in [-0.3, -0.25) is 14.5 Å². The Kier molecular flexibility index (Phi) is 10.6. The summed E-state index contributed by atoms with van der Waals surface area (Å²) in [6.07, 6.45) is 4.29. The first-order chi connectivity index (χ1) is 18.9. The van der Waals surface area contributed by atoms with E-state index in [0.29, 0.717) is 6.42 Å². The number of likely N-dealkylation sites (tertiary alicyclic amines) is 1. The minimum Gasteiger partial charge on any atom is -0.403 e. The molecule has 10 heteroatoms. The lowest BCUT2D eigenvalue weighted by Gasteiger charge is -2.46. The van der Waals surface area contributed by atoms with Gasteiger partial charge >= 0.3 is 7.12 Å². The van der Waals surface area contributed by atoms with Crippen molar-refractivity contribution >= 4 is 30.5 Å². The van der Waals surface area contributed by atoms with Crippen molar-refractivity contribution in [1.29, 1.82) is 0 Å². The molecule has 2 heterocycles. The molecule has 230 valence electrons. The number of nitrogens with one attached hydrogen (secondary N) is 2. The minimum atomic E-state index is -1.02. The number of hydrogen-bond donors (Lipinski definition) is 2. The van der Waals surface area contributed by atoms with Crippen LogP contribution in [0, 0.1) is 11.7 Å². The Morgan fingerprint density at radius 3 is 2.20 bits per heavy atom. The quantitative estimate of drug-likeness (QED) is 0.246. The average molecular weight is 594 g/mol. The van der Waals surface area contributed by atoms with Gasteiger partial charge in [0.1, 0.15) is 11.4 Å². The summed E-state index contributed by atoms with van der Waals surface area (Å²) in [5.74, 6) is -0.806. The van der Waals surface area contributed by atoms with Crippen LogP contribution in [0.2, 0.25) is 11.3 Å². The van der Waals surface area contributed by atoms with E-state index in [1.165, 1.54) is 13.0 Å². The van der Waals surface area contributed by atoms with Gasteiger partial charge in [-0.25, -0.2) is 4.39 Å². The number of carbonyl (C=O) groups is 2. The van der Waals surface area contributed by atoms with Gasteiger partial charge < -0.3 is 19.9 Å². The average Bonchev–Trinajstić information content (AvgIpc) is 3.06. The number of benzene rings is 1. The number of halogens is 2. The van der Waals surface area contributed by atoms with Crippen LogP contribution in [0.25, 0.3) is 0 Å². The molecule has 2 aliphatic rings. The maximum absolute atomic E-state index is 14.0. The highest BCUT2D eigenvalue weighted by Crippen LogP contribution is 2.40. The third-order valence-corrected chi connectivity index (χ3v) is 9.35. The standard InChI is InChI=1S/C31H50BClFN3O4/c1-21(23-12-13-26(34)25(33)20-23)37-18-14-24(15-19-37)31(35-22(2)38,27(39)36-28(3,4)5)16-10-11-17-32-40-29(6,7)30(8,9)41-32/h12-13,20-21,24H,10-11,14-19H2,1-9H3,(H,35,38)(H,36,39). The molecule has 3 rings (SSSR count). The highest BCUT2D eigenvalue weighted by Gasteiger charge is 2.51. The summed E-state index contributed by atoms with van der Waals surface area (Å²) in [4.78, 5) is 28.9. The molecule has 0 bridgehead atoms. The van der Waals surface area contributed by atoms with Gasteiger partial charge in [-0.1, -0.05) is 30.5 Å². The molecule has 0 aliphatic carbocycles. The van der Waals surface area contributed by atoms with E-state index < -0.39 is 16.9 Å². The molecule has 2 aliphatic heterocycles. The maximum Gasteiger partial charge on any atom is 0.457 e. The molecule has 2 N–H and O–H groups in total. The van der Waals surface area contributed by atoms with Crippen molar-refractivity contribution < 1.29 is 23.3 Å². The molecule has 2 fully saturated rings. The van der Waals surface area contributed by atoms with E-state index in [1.807, 2.05) is 48.5 Å². The number of unbranched alkanes of at least 4 members (excludes halogenated alkanes) is 1. The van der Waals surface area contributed by atoms with Gasteiger partial charge in [0.05, 0.1) is 16.2 Å². The summed E-state index contributed by atoms with van der Waals surface area (Å²) in [6, 6.07) is 4.92. The zero-order valence-electron chi connectivity index (χ0n) is 26.5. The Labute approximate surface area is 251 Å². The second-order valence-electron chi connectivity index (χ2n) is 13.9. The third kappa shape index (κ3) is 8.24. The predicted molar refractivity (Wildman–Crippen MR) is 163 cm³/mol. The van der Waals surface area contributed by atoms with Gasteiger partial charge in [-0.05, 0) is 118 Å². The molecule has 7 nitrogen and oxygen atoms in total. The fraction of sp³-hybridized carbons (Fsp3) is 0.742. The van der Waals surface area contributed by atoms with Crippen LogP contribution in [0.1, 0.15) is 106 Å². The summed E-state index contributed by atoms with van der Waals surface area (Å²) in [7, 11) is -0.289. The summed E-state index contributed by atoms with van der Waals surface area (Å²) >= 11 is 6.05. The van der Waals surface area contributed by atoms with Gasteiger partial charge in [-0.2, -0.15) is 0 Å². The van der Waals surface area contributed by atoms with Crippen LogP contribution in [-0.4, -0.2) is 59.2 Å². The first-order valence-corrected chi connectivity index (χ1v) is 15.4. The number of hydrogen-bond acceptors (Lipinski definition) is 5. The van der Waals surface area contributed by atoms with Crippen LogP contribution in [0.5, 0.6) is 0 Å². The zero-order valence-corrected chi connectivity index (χ0v) is 27.2. The van der Waals surface area contributed by atoms with E-state index in [-0.39, 0.29) is 47.1 Å². The first kappa shape index (κ1) is 33.8. The minimum absolute atomic E-state index is 0.0362. The second-order valence-corrected chi connectivity index (χ2v) is 14.4. The van der Waals surface area contributed by atoms with Crippen LogP contribution in [-0.2, 0) is 18.9 Å². The van der Waals surface area contributed by atoms with E-state index in [9.17, 15) is 14.0 Å². The van der Waals surface area contributed by atoms with Crippen LogP contribution in [0.4, 0.5) is 4.39 Å². The van der Waals surface area contributed by atoms with Crippen LogP contribution in [0.3, 0.4) is 0 Å². The Morgan fingerprint density at radius 2 is 1.68 bits per heavy atom. The number of piperidine rings is 1. The lowest BCUT2D eigenvalue weighted by molar-refractivity contribution is -0.138. The Hall–Kier alpha value is -1.68. The molecular formula is C31H50BClFN3O4. The van der Waals surface area contributed by atoms with Crippen molar-refractivity contribution in [1.82, 2.24) is 15.5 Å². The smallest absolute Gasteiger partial charge is 0.403 e. The molecule has 1 aromatic rings. The van der Waals surface area contributed by atoms with E-state index in [0.717, 1.165) is 50.7 Å². The van der Waals surface area contributed by atoms with Gasteiger partial charge in [0.15, 0.2) is 0 Å². The fourth-order valence-corrected chi connectivity index (χ4v) is 6.24. The van der Waals surface area contributed by atoms with Gasteiger partial charge in [0, 0.05) is 18.5 Å². The molecule has 1 aromatic carbocycles. The highest BCUT2D eigenvalue weighted by atomic mass is 35.5. The first-order valence-electron chi connectivity index (χ1n) is 15.0. The van der Waals surface area contributed by atoms with Gasteiger partial charge in [0.25, 0.3) is 0 Å². The molecular weight excluding hydrogens is 544 g/mol. The normalized spacial score (nSPS) is 21.8. The number of carbonyl (C=O) groups excluding carboxylic acids is 2. The van der Waals surface area contributed by atoms with Crippen molar-refractivity contribution in [2.75, 3.05) is 13.1 Å². The SMILES string of the molecule is CC(=O)NC(CCCCB1OC(C)(C)C(C)(C)O1)(C(=O)NC(C)(C)C)C1CCN(C(C)c2ccc(F)c(Cl)c2)CC1. The van der Waals surface area contributed by atoms with E-state index in [4.69, 9.17) is 20.9 Å². The number of nitrogens with zero attached hydrogens (tertiary/aromatic N) is 1. The molecule has 2 atom stereocenters. The summed E-state index contributed by atoms with van der Waals surface area (Å²) in [6.45, 7) is 19.1. The zero-order chi connectivity index (χ0) is 30.8. The fourth-order valence-electron chi connectivity index (χ4n) is 6.05. The lowest BCUT2D eigenvalue weighted by Crippen LogP contribution is -2.66. The predicted octanol–water partition coefficient (Wildman–Crippen LogP) is 6.30. The van der Waals surface area contributed by atoms with Crippen molar-refractivity contribution in [2.24, 2.45) is 5.92 Å². The second kappa shape index (κ2) is 12.9. The van der Waals surface area contributed by atoms with Crippen LogP contribution < -0.4 is 10.6 Å². The molecule has 0 aromatic heterocycles. The van der Waals surface area contributed by atoms with Gasteiger partial charge in [0.2, 0.25) is 11.8 Å². The van der Waals surface area contributed by atoms with E-state index in [1.54, 1.807) is 12.1 Å². The largest absolute Gasteiger partial charge is 0.457 e. The Bertz CT molecular complexity index is 1070. The Morgan fingerprint density at radius 1 is 1.10 bits per heavy atom. The molecule has 0 spiro atoms. The monoisotopic (exact) mass is 593 g/mol. The third-order valence-electron chi connectivity index (χ3n) is 9.06. The van der Waals surface area contributed by atoms with Crippen molar-refractivity contribution in [2.45, 2.75) is 129 Å². The summed E-state index contributed by atoms with van der Waals surface area (Å²) in [5, 5.41) is 6.43. The van der Waals surface area contributed by atoms with E-state index >= 15 is 0 Å².